The zero-order valence-electron chi connectivity index (χ0n) is 29.1. The number of hydrogen-bond donors (Lipinski definition) is 0. The summed E-state index contributed by atoms with van der Waals surface area (Å²) >= 11 is 0. The molecule has 0 aliphatic carbocycles. The molecule has 3 heteroatoms. The number of nitriles is 1. The lowest BCUT2D eigenvalue weighted by atomic mass is 9.70. The van der Waals surface area contributed by atoms with Crippen LogP contribution in [0.4, 0.5) is 0 Å². The van der Waals surface area contributed by atoms with Gasteiger partial charge in [-0.3, -0.25) is 0 Å². The van der Waals surface area contributed by atoms with Crippen LogP contribution in [-0.2, 0) is 17.6 Å². The molecule has 1 aromatic heterocycles. The lowest BCUT2D eigenvalue weighted by Gasteiger charge is -2.60. The Morgan fingerprint density at radius 3 is 1.06 bits per heavy atom. The highest BCUT2D eigenvalue weighted by Gasteiger charge is 2.36. The Hall–Kier alpha value is -6.08. The molecular weight excluding hydrogens is 619 g/mol. The number of pyridine rings is 1. The average Bonchev–Trinajstić information content (AvgIpc) is 3.23. The van der Waals surface area contributed by atoms with Gasteiger partial charge in [0.25, 0.3) is 0 Å². The molecule has 0 atom stereocenters. The van der Waals surface area contributed by atoms with Crippen LogP contribution in [0.2, 0.25) is 0 Å². The zero-order chi connectivity index (χ0) is 35.2. The van der Waals surface area contributed by atoms with E-state index in [9.17, 15) is 0 Å². The van der Waals surface area contributed by atoms with Gasteiger partial charge in [0, 0.05) is 12.5 Å². The molecule has 250 valence electrons. The molecule has 1 heterocycles. The maximum atomic E-state index is 8.62. The lowest BCUT2D eigenvalue weighted by Crippen LogP contribution is -2.39. The minimum Gasteiger partial charge on any atom is -0.628 e. The highest BCUT2D eigenvalue weighted by atomic mass is 15.1. The standard InChI is InChI=1S/C38H30N.C10H13N2/c1-7-19-31(20-8-1)37(32-21-9-2-10-22-32,33-23-11-3-12-24-33)39-38(34-25-13-4-14-26-34,35-27-15-5-16-28-35)36-29-17-6-18-30-36;1-2-3-6-12-7-4-5-10(8-11)9-12/h1-30H;4-5,7,9H,2-3,6H2,1H3/q-1;+1. The fourth-order valence-corrected chi connectivity index (χ4v) is 6.78. The van der Waals surface area contributed by atoms with Crippen molar-refractivity contribution in [3.05, 3.63) is 251 Å². The third kappa shape index (κ3) is 7.73. The van der Waals surface area contributed by atoms with E-state index < -0.39 is 11.1 Å². The molecule has 7 aromatic rings. The summed E-state index contributed by atoms with van der Waals surface area (Å²) in [6, 6.07) is 70.1. The molecule has 0 amide bonds. The molecule has 0 unspecified atom stereocenters. The molecule has 7 rings (SSSR count). The summed E-state index contributed by atoms with van der Waals surface area (Å²) in [5.74, 6) is 0. The van der Waals surface area contributed by atoms with Crippen LogP contribution in [-0.4, -0.2) is 0 Å². The minimum atomic E-state index is -0.800. The second-order valence-corrected chi connectivity index (χ2v) is 12.5. The number of benzene rings is 6. The Bertz CT molecular complexity index is 1770. The van der Waals surface area contributed by atoms with Gasteiger partial charge in [0.15, 0.2) is 12.4 Å². The first kappa shape index (κ1) is 34.8. The highest BCUT2D eigenvalue weighted by Crippen LogP contribution is 2.55. The Balaban J connectivity index is 0.000000318. The Kier molecular flexibility index (Phi) is 11.6. The van der Waals surface area contributed by atoms with Crippen LogP contribution in [0.15, 0.2) is 207 Å². The molecule has 0 radical (unpaired) electrons. The van der Waals surface area contributed by atoms with Gasteiger partial charge in [-0.15, -0.1) is 0 Å². The van der Waals surface area contributed by atoms with Crippen molar-refractivity contribution in [2.45, 2.75) is 37.4 Å². The number of hydrogen-bond acceptors (Lipinski definition) is 1. The summed E-state index contributed by atoms with van der Waals surface area (Å²) in [5.41, 5.74) is 5.85. The fourth-order valence-electron chi connectivity index (χ4n) is 6.78. The van der Waals surface area contributed by atoms with E-state index in [0.717, 1.165) is 45.5 Å². The van der Waals surface area contributed by atoms with Crippen LogP contribution in [0.25, 0.3) is 5.32 Å². The first-order valence-corrected chi connectivity index (χ1v) is 17.7. The Morgan fingerprint density at radius 2 is 0.784 bits per heavy atom. The van der Waals surface area contributed by atoms with Crippen molar-refractivity contribution in [1.29, 1.82) is 5.26 Å². The Labute approximate surface area is 303 Å². The molecule has 0 bridgehead atoms. The average molecular weight is 662 g/mol. The van der Waals surface area contributed by atoms with Crippen molar-refractivity contribution in [2.75, 3.05) is 0 Å². The summed E-state index contributed by atoms with van der Waals surface area (Å²) in [6.07, 6.45) is 6.23. The molecule has 0 aliphatic heterocycles. The number of aromatic nitrogens is 1. The van der Waals surface area contributed by atoms with Gasteiger partial charge in [0.05, 0.1) is 0 Å². The van der Waals surface area contributed by atoms with Crippen molar-refractivity contribution in [2.24, 2.45) is 0 Å². The smallest absolute Gasteiger partial charge is 0.186 e. The van der Waals surface area contributed by atoms with Gasteiger partial charge in [-0.1, -0.05) is 229 Å². The first-order valence-electron chi connectivity index (χ1n) is 17.7. The predicted molar refractivity (Wildman–Crippen MR) is 208 cm³/mol. The molecule has 0 saturated heterocycles. The number of nitrogens with zero attached hydrogens (tertiary/aromatic N) is 3. The molecular formula is C48H43N3. The summed E-state index contributed by atoms with van der Waals surface area (Å²) in [7, 11) is 0. The van der Waals surface area contributed by atoms with Crippen LogP contribution >= 0.6 is 0 Å². The molecule has 0 fully saturated rings. The van der Waals surface area contributed by atoms with Crippen molar-refractivity contribution >= 4 is 0 Å². The number of unbranched alkanes of at least 4 members (excludes halogenated alkanes) is 1. The van der Waals surface area contributed by atoms with E-state index >= 15 is 0 Å². The largest absolute Gasteiger partial charge is 0.628 e. The van der Waals surface area contributed by atoms with Crippen molar-refractivity contribution < 1.29 is 4.57 Å². The van der Waals surface area contributed by atoms with E-state index in [2.05, 4.69) is 200 Å². The third-order valence-electron chi connectivity index (χ3n) is 9.24. The summed E-state index contributed by atoms with van der Waals surface area (Å²) in [6.45, 7) is 3.17. The van der Waals surface area contributed by atoms with E-state index in [0.29, 0.717) is 0 Å². The lowest BCUT2D eigenvalue weighted by molar-refractivity contribution is -0.697. The van der Waals surface area contributed by atoms with Gasteiger partial charge in [0.1, 0.15) is 18.2 Å². The second kappa shape index (κ2) is 17.0. The maximum Gasteiger partial charge on any atom is 0.186 e. The summed E-state index contributed by atoms with van der Waals surface area (Å²) < 4.78 is 2.06. The SMILES string of the molecule is CCCC[n+]1cccc(C#N)c1.c1ccc(C([N-]C(c2ccccc2)(c2ccccc2)c2ccccc2)(c2ccccc2)c2ccccc2)cc1. The van der Waals surface area contributed by atoms with E-state index in [1.165, 1.54) is 12.8 Å². The van der Waals surface area contributed by atoms with Gasteiger partial charge in [-0.2, -0.15) is 5.26 Å². The number of aryl methyl sites for hydroxylation is 1. The molecule has 0 spiro atoms. The number of rotatable bonds is 11. The van der Waals surface area contributed by atoms with Gasteiger partial charge in [-0.05, 0) is 17.1 Å². The maximum absolute atomic E-state index is 8.62. The summed E-state index contributed by atoms with van der Waals surface area (Å²) in [5, 5.41) is 14.8. The fraction of sp³-hybridized carbons (Fsp3) is 0.125. The molecule has 0 N–H and O–H groups in total. The van der Waals surface area contributed by atoms with Crippen molar-refractivity contribution in [3.8, 4) is 6.07 Å². The minimum absolute atomic E-state index is 0.730. The van der Waals surface area contributed by atoms with Crippen LogP contribution in [0.5, 0.6) is 0 Å². The summed E-state index contributed by atoms with van der Waals surface area (Å²) in [4.78, 5) is 0. The van der Waals surface area contributed by atoms with Crippen LogP contribution in [0.1, 0.15) is 58.7 Å². The second-order valence-electron chi connectivity index (χ2n) is 12.5. The van der Waals surface area contributed by atoms with Gasteiger partial charge in [0.2, 0.25) is 0 Å². The normalized spacial score (nSPS) is 11.1. The molecule has 6 aromatic carbocycles. The van der Waals surface area contributed by atoms with E-state index in [1.807, 2.05) is 24.5 Å². The van der Waals surface area contributed by atoms with Crippen molar-refractivity contribution in [3.63, 3.8) is 0 Å². The van der Waals surface area contributed by atoms with Crippen LogP contribution < -0.4 is 4.57 Å². The Morgan fingerprint density at radius 1 is 0.471 bits per heavy atom. The molecule has 0 aliphatic rings. The monoisotopic (exact) mass is 661 g/mol. The predicted octanol–water partition coefficient (Wildman–Crippen LogP) is 11.0. The molecule has 0 saturated carbocycles. The van der Waals surface area contributed by atoms with Gasteiger partial charge in [-0.25, -0.2) is 4.57 Å². The van der Waals surface area contributed by atoms with Crippen LogP contribution in [0.3, 0.4) is 0 Å². The quantitative estimate of drug-likeness (QED) is 0.100. The zero-order valence-corrected chi connectivity index (χ0v) is 29.1. The third-order valence-corrected chi connectivity index (χ3v) is 9.24. The molecule has 51 heavy (non-hydrogen) atoms. The molecule has 3 nitrogen and oxygen atoms in total. The highest BCUT2D eigenvalue weighted by molar-refractivity contribution is 5.64. The van der Waals surface area contributed by atoms with Gasteiger partial charge >= 0.3 is 0 Å². The topological polar surface area (TPSA) is 41.8 Å². The van der Waals surface area contributed by atoms with Gasteiger partial charge < -0.3 is 5.32 Å². The van der Waals surface area contributed by atoms with E-state index in [-0.39, 0.29) is 0 Å². The van der Waals surface area contributed by atoms with E-state index in [4.69, 9.17) is 10.6 Å². The first-order chi connectivity index (χ1) is 25.2. The van der Waals surface area contributed by atoms with Crippen LogP contribution in [0, 0.1) is 11.3 Å². The van der Waals surface area contributed by atoms with E-state index in [1.54, 1.807) is 0 Å². The van der Waals surface area contributed by atoms with Crippen molar-refractivity contribution in [1.82, 2.24) is 0 Å².